The van der Waals surface area contributed by atoms with Crippen molar-refractivity contribution in [2.24, 2.45) is 12.5 Å². The lowest BCUT2D eigenvalue weighted by Gasteiger charge is -2.37. The highest BCUT2D eigenvalue weighted by molar-refractivity contribution is 8.23. The van der Waals surface area contributed by atoms with Crippen LogP contribution in [0.15, 0.2) is 107 Å². The van der Waals surface area contributed by atoms with Crippen LogP contribution in [0.25, 0.3) is 0 Å². The standard InChI is InChI=1S/C36H40N2O5S2/c1-25-22-38(33(40)37(5)32(25)39)31-21-30(45-34(44)41-24-35(2,3)4)29(43-31)23-42-36(26-15-9-6-10-16-26,27-17-11-7-12-18-27)28-19-13-8-14-20-28/h6-20,22,29-31H,21,23-24H2,1-5H3/t29-,30+,31-/m1/s1. The summed E-state index contributed by atoms with van der Waals surface area (Å²) in [6, 6.07) is 30.5. The van der Waals surface area contributed by atoms with Gasteiger partial charge in [0.25, 0.3) is 5.56 Å². The topological polar surface area (TPSA) is 71.7 Å². The van der Waals surface area contributed by atoms with E-state index >= 15 is 0 Å². The van der Waals surface area contributed by atoms with Crippen LogP contribution in [-0.2, 0) is 26.9 Å². The summed E-state index contributed by atoms with van der Waals surface area (Å²) >= 11 is 7.10. The Labute approximate surface area is 274 Å². The molecule has 0 spiro atoms. The summed E-state index contributed by atoms with van der Waals surface area (Å²) in [4.78, 5) is 25.7. The number of hydrogen-bond acceptors (Lipinski definition) is 7. The summed E-state index contributed by atoms with van der Waals surface area (Å²) in [6.45, 7) is 8.66. The van der Waals surface area contributed by atoms with Gasteiger partial charge in [-0.3, -0.25) is 13.9 Å². The Morgan fingerprint density at radius 2 is 1.42 bits per heavy atom. The number of rotatable bonds is 9. The first-order valence-corrected chi connectivity index (χ1v) is 16.4. The van der Waals surface area contributed by atoms with Gasteiger partial charge in [-0.1, -0.05) is 124 Å². The zero-order valence-electron chi connectivity index (χ0n) is 26.3. The summed E-state index contributed by atoms with van der Waals surface area (Å²) in [5.74, 6) is 0. The van der Waals surface area contributed by atoms with Crippen molar-refractivity contribution in [3.05, 3.63) is 140 Å². The van der Waals surface area contributed by atoms with E-state index in [4.69, 9.17) is 26.4 Å². The first-order chi connectivity index (χ1) is 21.5. The van der Waals surface area contributed by atoms with Crippen molar-refractivity contribution in [1.82, 2.24) is 9.13 Å². The molecule has 1 aliphatic heterocycles. The third-order valence-electron chi connectivity index (χ3n) is 7.85. The first kappa shape index (κ1) is 32.9. The molecule has 3 atom stereocenters. The molecule has 45 heavy (non-hydrogen) atoms. The van der Waals surface area contributed by atoms with Crippen LogP contribution in [0, 0.1) is 12.3 Å². The average molecular weight is 645 g/mol. The Bertz CT molecular complexity index is 1620. The Hall–Kier alpha value is -3.50. The smallest absolute Gasteiger partial charge is 0.332 e. The Morgan fingerprint density at radius 1 is 0.911 bits per heavy atom. The molecule has 0 N–H and O–H groups in total. The molecule has 0 unspecified atom stereocenters. The van der Waals surface area contributed by atoms with Gasteiger partial charge in [0.1, 0.15) is 11.8 Å². The largest absolute Gasteiger partial charge is 0.478 e. The summed E-state index contributed by atoms with van der Waals surface area (Å²) in [6.07, 6.45) is 0.997. The summed E-state index contributed by atoms with van der Waals surface area (Å²) in [5.41, 5.74) is 1.66. The van der Waals surface area contributed by atoms with Gasteiger partial charge in [-0.05, 0) is 41.2 Å². The number of thioether (sulfide) groups is 1. The maximum absolute atomic E-state index is 13.2. The van der Waals surface area contributed by atoms with Crippen LogP contribution >= 0.6 is 24.0 Å². The highest BCUT2D eigenvalue weighted by atomic mass is 32.2. The van der Waals surface area contributed by atoms with Crippen molar-refractivity contribution < 1.29 is 14.2 Å². The number of aromatic nitrogens is 2. The predicted octanol–water partition coefficient (Wildman–Crippen LogP) is 6.60. The molecule has 1 saturated heterocycles. The van der Waals surface area contributed by atoms with Gasteiger partial charge in [0.15, 0.2) is 0 Å². The van der Waals surface area contributed by atoms with E-state index in [0.717, 1.165) is 21.3 Å². The molecule has 5 rings (SSSR count). The molecule has 1 aromatic heterocycles. The minimum Gasteiger partial charge on any atom is -0.478 e. The molecule has 236 valence electrons. The lowest BCUT2D eigenvalue weighted by molar-refractivity contribution is -0.0767. The maximum Gasteiger partial charge on any atom is 0.332 e. The summed E-state index contributed by atoms with van der Waals surface area (Å²) < 4.78 is 22.8. The molecular weight excluding hydrogens is 605 g/mol. The van der Waals surface area contributed by atoms with Crippen LogP contribution in [0.3, 0.4) is 0 Å². The van der Waals surface area contributed by atoms with E-state index in [2.05, 4.69) is 57.2 Å². The van der Waals surface area contributed by atoms with Crippen molar-refractivity contribution in [3.8, 4) is 0 Å². The molecule has 0 amide bonds. The highest BCUT2D eigenvalue weighted by Crippen LogP contribution is 2.43. The van der Waals surface area contributed by atoms with Crippen molar-refractivity contribution in [2.75, 3.05) is 13.2 Å². The lowest BCUT2D eigenvalue weighted by atomic mass is 9.80. The van der Waals surface area contributed by atoms with Gasteiger partial charge < -0.3 is 14.2 Å². The number of hydrogen-bond donors (Lipinski definition) is 0. The second kappa shape index (κ2) is 13.9. The molecule has 3 aromatic carbocycles. The Balaban J connectivity index is 1.53. The number of ether oxygens (including phenoxy) is 3. The second-order valence-corrected chi connectivity index (χ2v) is 14.4. The van der Waals surface area contributed by atoms with Crippen molar-refractivity contribution in [2.45, 2.75) is 57.3 Å². The van der Waals surface area contributed by atoms with Crippen LogP contribution in [0.1, 0.15) is 55.7 Å². The van der Waals surface area contributed by atoms with Crippen LogP contribution in [0.4, 0.5) is 0 Å². The Morgan fingerprint density at radius 3 is 1.91 bits per heavy atom. The fraction of sp³-hybridized carbons (Fsp3) is 0.361. The molecule has 0 aliphatic carbocycles. The van der Waals surface area contributed by atoms with Gasteiger partial charge in [-0.25, -0.2) is 4.79 Å². The SMILES string of the molecule is Cc1cn([C@H]2C[C@H](SC(=S)OCC(C)(C)C)[C@@H](COC(c3ccccc3)(c3ccccc3)c3ccccc3)O2)c(=O)n(C)c1=O. The van der Waals surface area contributed by atoms with Crippen LogP contribution in [0.5, 0.6) is 0 Å². The van der Waals surface area contributed by atoms with E-state index in [1.807, 2.05) is 54.6 Å². The molecule has 7 nitrogen and oxygen atoms in total. The first-order valence-electron chi connectivity index (χ1n) is 15.1. The zero-order valence-corrected chi connectivity index (χ0v) is 28.0. The van der Waals surface area contributed by atoms with Crippen LogP contribution in [0.2, 0.25) is 0 Å². The predicted molar refractivity (Wildman–Crippen MR) is 184 cm³/mol. The van der Waals surface area contributed by atoms with E-state index in [9.17, 15) is 9.59 Å². The van der Waals surface area contributed by atoms with E-state index in [-0.39, 0.29) is 22.8 Å². The van der Waals surface area contributed by atoms with E-state index in [1.54, 1.807) is 13.1 Å². The number of benzene rings is 3. The normalized spacial score (nSPS) is 18.6. The minimum absolute atomic E-state index is 0.0534. The quantitative estimate of drug-likeness (QED) is 0.150. The lowest BCUT2D eigenvalue weighted by Crippen LogP contribution is -2.40. The molecule has 1 fully saturated rings. The third-order valence-corrected chi connectivity index (χ3v) is 9.36. The maximum atomic E-state index is 13.2. The van der Waals surface area contributed by atoms with E-state index < -0.39 is 23.6 Å². The summed E-state index contributed by atoms with van der Waals surface area (Å²) in [5, 5.41) is -0.174. The van der Waals surface area contributed by atoms with Gasteiger partial charge >= 0.3 is 5.69 Å². The third kappa shape index (κ3) is 7.33. The highest BCUT2D eigenvalue weighted by Gasteiger charge is 2.43. The molecule has 9 heteroatoms. The number of aryl methyl sites for hydroxylation is 1. The van der Waals surface area contributed by atoms with Gasteiger partial charge in [-0.15, -0.1) is 0 Å². The monoisotopic (exact) mass is 644 g/mol. The van der Waals surface area contributed by atoms with Gasteiger partial charge in [0.05, 0.1) is 19.3 Å². The summed E-state index contributed by atoms with van der Waals surface area (Å²) in [7, 11) is 1.49. The van der Waals surface area contributed by atoms with Crippen molar-refractivity contribution in [3.63, 3.8) is 0 Å². The van der Waals surface area contributed by atoms with Crippen molar-refractivity contribution >= 4 is 28.4 Å². The van der Waals surface area contributed by atoms with Crippen LogP contribution in [-0.4, -0.2) is 38.1 Å². The zero-order chi connectivity index (χ0) is 32.2. The van der Waals surface area contributed by atoms with E-state index in [1.165, 1.54) is 23.4 Å². The molecule has 0 saturated carbocycles. The molecular formula is C36H40N2O5S2. The molecule has 2 heterocycles. The Kier molecular flexibility index (Phi) is 10.1. The molecule has 1 aliphatic rings. The number of nitrogens with zero attached hydrogens (tertiary/aromatic N) is 2. The van der Waals surface area contributed by atoms with Crippen LogP contribution < -0.4 is 11.2 Å². The minimum atomic E-state index is -0.937. The fourth-order valence-corrected chi connectivity index (χ4v) is 6.96. The van der Waals surface area contributed by atoms with Gasteiger partial charge in [-0.2, -0.15) is 0 Å². The second-order valence-electron chi connectivity index (χ2n) is 12.6. The fourth-order valence-electron chi connectivity index (χ4n) is 5.60. The van der Waals surface area contributed by atoms with Crippen molar-refractivity contribution in [1.29, 1.82) is 0 Å². The molecule has 0 bridgehead atoms. The average Bonchev–Trinajstić information content (AvgIpc) is 3.44. The molecule has 0 radical (unpaired) electrons. The number of thiocarbonyl (C=S) groups is 1. The van der Waals surface area contributed by atoms with E-state index in [0.29, 0.717) is 23.0 Å². The van der Waals surface area contributed by atoms with Gasteiger partial charge in [0, 0.05) is 30.5 Å². The molecule has 4 aromatic rings. The van der Waals surface area contributed by atoms with Gasteiger partial charge in [0.2, 0.25) is 4.38 Å².